The Morgan fingerprint density at radius 2 is 1.88 bits per heavy atom. The third-order valence-electron chi connectivity index (χ3n) is 11.2. The van der Waals surface area contributed by atoms with E-state index in [-0.39, 0.29) is 17.1 Å². The molecule has 9 rings (SSSR count). The van der Waals surface area contributed by atoms with Crippen molar-refractivity contribution in [1.29, 1.82) is 0 Å². The first-order chi connectivity index (χ1) is 20.9. The zero-order chi connectivity index (χ0) is 28.9. The molecule has 0 unspecified atom stereocenters. The van der Waals surface area contributed by atoms with Crippen LogP contribution in [0.5, 0.6) is 11.8 Å². The van der Waals surface area contributed by atoms with Gasteiger partial charge in [-0.2, -0.15) is 9.97 Å². The number of aromatic nitrogens is 2. The second kappa shape index (κ2) is 9.38. The molecule has 0 amide bonds. The first-order valence-electron chi connectivity index (χ1n) is 16.0. The van der Waals surface area contributed by atoms with E-state index in [2.05, 4.69) is 20.0 Å². The summed E-state index contributed by atoms with van der Waals surface area (Å²) < 4.78 is 36.3. The lowest BCUT2D eigenvalue weighted by atomic mass is 9.93. The van der Waals surface area contributed by atoms with Crippen LogP contribution in [0.3, 0.4) is 0 Å². The van der Waals surface area contributed by atoms with Crippen molar-refractivity contribution in [2.24, 2.45) is 0 Å². The molecule has 1 saturated carbocycles. The summed E-state index contributed by atoms with van der Waals surface area (Å²) in [5.41, 5.74) is 2.15. The van der Waals surface area contributed by atoms with Gasteiger partial charge in [-0.1, -0.05) is 12.1 Å². The van der Waals surface area contributed by atoms with Crippen molar-refractivity contribution in [2.45, 2.75) is 80.7 Å². The quantitative estimate of drug-likeness (QED) is 0.454. The Balaban J connectivity index is 1.13. The molecule has 1 aliphatic carbocycles. The Hall–Kier alpha value is -3.24. The topological polar surface area (TPSA) is 77.0 Å². The molecule has 4 saturated heterocycles. The zero-order valence-corrected chi connectivity index (χ0v) is 24.4. The van der Waals surface area contributed by atoms with Gasteiger partial charge in [0.15, 0.2) is 0 Å². The number of rotatable bonds is 5. The highest BCUT2D eigenvalue weighted by Gasteiger charge is 2.56. The third-order valence-corrected chi connectivity index (χ3v) is 11.2. The normalized spacial score (nSPS) is 30.7. The molecule has 6 heterocycles. The molecule has 8 nitrogen and oxygen atoms in total. The Labute approximate surface area is 250 Å². The zero-order valence-electron chi connectivity index (χ0n) is 24.4. The summed E-state index contributed by atoms with van der Waals surface area (Å²) in [6.45, 7) is 4.27. The molecule has 43 heavy (non-hydrogen) atoms. The van der Waals surface area contributed by atoms with E-state index in [1.807, 2.05) is 6.07 Å². The van der Waals surface area contributed by atoms with Crippen LogP contribution in [-0.2, 0) is 12.0 Å². The van der Waals surface area contributed by atoms with Crippen LogP contribution in [0.2, 0.25) is 0 Å². The largest absolute Gasteiger partial charge is 0.508 e. The summed E-state index contributed by atoms with van der Waals surface area (Å²) in [5.74, 6) is 0.800. The molecule has 1 spiro atoms. The number of hydrogen-bond acceptors (Lipinski definition) is 8. The second-order valence-electron chi connectivity index (χ2n) is 13.8. The van der Waals surface area contributed by atoms with Crippen LogP contribution >= 0.6 is 0 Å². The SMILES string of the molecule is Oc1cc(N2CCc3c(N4C[C@H]5CC[C@@H](C4)N5)nc(OC[C@@]45CCCN4C[C@H](F)C5)nc3C23CC3)c2c(F)cccc2c1. The molecular formula is C33H38F2N6O2. The molecule has 6 aliphatic rings. The van der Waals surface area contributed by atoms with E-state index in [4.69, 9.17) is 14.7 Å². The van der Waals surface area contributed by atoms with Gasteiger partial charge in [-0.15, -0.1) is 0 Å². The molecule has 10 heteroatoms. The summed E-state index contributed by atoms with van der Waals surface area (Å²) in [6, 6.07) is 9.62. The van der Waals surface area contributed by atoms with Crippen molar-refractivity contribution in [3.8, 4) is 11.8 Å². The lowest BCUT2D eigenvalue weighted by molar-refractivity contribution is 0.107. The van der Waals surface area contributed by atoms with Gasteiger partial charge in [0.25, 0.3) is 0 Å². The van der Waals surface area contributed by atoms with Crippen LogP contribution < -0.4 is 19.9 Å². The van der Waals surface area contributed by atoms with E-state index in [0.29, 0.717) is 60.7 Å². The number of anilines is 2. The molecule has 5 fully saturated rings. The number of nitrogens with one attached hydrogen (secondary N) is 1. The summed E-state index contributed by atoms with van der Waals surface area (Å²) in [4.78, 5) is 17.2. The van der Waals surface area contributed by atoms with Crippen molar-refractivity contribution in [1.82, 2.24) is 20.2 Å². The number of ether oxygens (including phenoxy) is 1. The van der Waals surface area contributed by atoms with E-state index in [9.17, 15) is 9.50 Å². The van der Waals surface area contributed by atoms with Gasteiger partial charge in [0.2, 0.25) is 0 Å². The summed E-state index contributed by atoms with van der Waals surface area (Å²) in [6.07, 6.45) is 6.51. The van der Waals surface area contributed by atoms with Gasteiger partial charge in [-0.05, 0) is 69.0 Å². The van der Waals surface area contributed by atoms with Gasteiger partial charge < -0.3 is 25.0 Å². The fraction of sp³-hybridized carbons (Fsp3) is 0.576. The number of alkyl halides is 1. The molecule has 3 aromatic rings. The molecule has 2 bridgehead atoms. The van der Waals surface area contributed by atoms with E-state index in [1.165, 1.54) is 18.9 Å². The van der Waals surface area contributed by atoms with Gasteiger partial charge in [-0.25, -0.2) is 8.78 Å². The van der Waals surface area contributed by atoms with Crippen LogP contribution in [0.4, 0.5) is 20.3 Å². The standard InChI is InChI=1S/C33H38F2N6O2/c34-21-15-32(8-2-11-40(32)16-21)19-43-31-37-29-25(30(38-31)39-17-22-5-6-23(18-39)36-22)7-12-41(33(29)9-10-33)27-14-24(42)13-20-3-1-4-26(35)28(20)27/h1,3-4,13-14,21-23,36,42H,2,5-12,15-19H2/t21-,22-,23+,32+/m1/s1. The highest BCUT2D eigenvalue weighted by atomic mass is 19.1. The van der Waals surface area contributed by atoms with Crippen LogP contribution in [0.25, 0.3) is 10.8 Å². The third kappa shape index (κ3) is 4.05. The molecule has 1 aromatic heterocycles. The molecule has 2 aromatic carbocycles. The predicted molar refractivity (Wildman–Crippen MR) is 160 cm³/mol. The number of piperazine rings is 1. The first-order valence-corrected chi connectivity index (χ1v) is 16.0. The monoisotopic (exact) mass is 588 g/mol. The maximum atomic E-state index is 15.3. The van der Waals surface area contributed by atoms with Crippen molar-refractivity contribution < 1.29 is 18.6 Å². The second-order valence-corrected chi connectivity index (χ2v) is 13.8. The van der Waals surface area contributed by atoms with Crippen molar-refractivity contribution in [2.75, 3.05) is 49.1 Å². The molecule has 226 valence electrons. The van der Waals surface area contributed by atoms with Gasteiger partial charge in [0, 0.05) is 61.7 Å². The molecule has 0 radical (unpaired) electrons. The maximum absolute atomic E-state index is 15.3. The van der Waals surface area contributed by atoms with Gasteiger partial charge in [0.1, 0.15) is 30.2 Å². The van der Waals surface area contributed by atoms with E-state index >= 15 is 4.39 Å². The van der Waals surface area contributed by atoms with Crippen LogP contribution in [-0.4, -0.2) is 83.1 Å². The van der Waals surface area contributed by atoms with Crippen LogP contribution in [0, 0.1) is 5.82 Å². The van der Waals surface area contributed by atoms with Gasteiger partial charge in [0.05, 0.1) is 22.5 Å². The number of hydrogen-bond donors (Lipinski definition) is 2. The highest BCUT2D eigenvalue weighted by Crippen LogP contribution is 2.57. The van der Waals surface area contributed by atoms with Gasteiger partial charge in [-0.3, -0.25) is 4.90 Å². The Morgan fingerprint density at radius 3 is 2.70 bits per heavy atom. The number of nitrogens with zero attached hydrogens (tertiary/aromatic N) is 5. The Bertz CT molecular complexity index is 1600. The van der Waals surface area contributed by atoms with Crippen molar-refractivity contribution >= 4 is 22.3 Å². The van der Waals surface area contributed by atoms with E-state index in [0.717, 1.165) is 68.8 Å². The number of fused-ring (bicyclic) bond motifs is 6. The molecule has 5 aliphatic heterocycles. The summed E-state index contributed by atoms with van der Waals surface area (Å²) >= 11 is 0. The number of benzene rings is 2. The van der Waals surface area contributed by atoms with Crippen LogP contribution in [0.15, 0.2) is 30.3 Å². The minimum atomic E-state index is -0.818. The molecular weight excluding hydrogens is 550 g/mol. The fourth-order valence-electron chi connectivity index (χ4n) is 9.11. The number of phenolic OH excluding ortho intramolecular Hbond substituents is 1. The number of halogens is 2. The lowest BCUT2D eigenvalue weighted by Crippen LogP contribution is -2.52. The molecule has 2 N–H and O–H groups in total. The maximum Gasteiger partial charge on any atom is 0.318 e. The van der Waals surface area contributed by atoms with Crippen molar-refractivity contribution in [3.05, 3.63) is 47.4 Å². The predicted octanol–water partition coefficient (Wildman–Crippen LogP) is 4.42. The lowest BCUT2D eigenvalue weighted by Gasteiger charge is -2.42. The average Bonchev–Trinajstić information content (AvgIpc) is 3.42. The minimum absolute atomic E-state index is 0.126. The molecule has 4 atom stereocenters. The first kappa shape index (κ1) is 26.2. The fourth-order valence-corrected chi connectivity index (χ4v) is 9.11. The minimum Gasteiger partial charge on any atom is -0.508 e. The van der Waals surface area contributed by atoms with E-state index in [1.54, 1.807) is 18.2 Å². The Morgan fingerprint density at radius 1 is 1.05 bits per heavy atom. The summed E-state index contributed by atoms with van der Waals surface area (Å²) in [5, 5.41) is 15.6. The van der Waals surface area contributed by atoms with Crippen molar-refractivity contribution in [3.63, 3.8) is 0 Å². The number of aromatic hydroxyl groups is 1. The smallest absolute Gasteiger partial charge is 0.318 e. The van der Waals surface area contributed by atoms with Crippen LogP contribution in [0.1, 0.15) is 56.2 Å². The average molecular weight is 589 g/mol. The Kier molecular flexibility index (Phi) is 5.71. The summed E-state index contributed by atoms with van der Waals surface area (Å²) in [7, 11) is 0. The van der Waals surface area contributed by atoms with Gasteiger partial charge >= 0.3 is 6.01 Å². The highest BCUT2D eigenvalue weighted by molar-refractivity contribution is 5.97. The van der Waals surface area contributed by atoms with E-state index < -0.39 is 11.7 Å². The number of phenols is 1.